The number of nitrogens with one attached hydrogen (secondary N) is 2. The lowest BCUT2D eigenvalue weighted by Gasteiger charge is -2.08. The number of amides is 2. The third-order valence-corrected chi connectivity index (χ3v) is 3.06. The van der Waals surface area contributed by atoms with Gasteiger partial charge in [-0.05, 0) is 30.3 Å². The summed E-state index contributed by atoms with van der Waals surface area (Å²) in [5.74, 6) is -0.525. The van der Waals surface area contributed by atoms with Crippen LogP contribution >= 0.6 is 11.6 Å². The summed E-state index contributed by atoms with van der Waals surface area (Å²) >= 11 is 5.96. The molecule has 0 aliphatic heterocycles. The maximum absolute atomic E-state index is 12.1. The van der Waals surface area contributed by atoms with Gasteiger partial charge in [0.15, 0.2) is 0 Å². The van der Waals surface area contributed by atoms with E-state index in [1.54, 1.807) is 55.6 Å². The minimum Gasteiger partial charge on any atom is -0.355 e. The van der Waals surface area contributed by atoms with E-state index in [4.69, 9.17) is 11.6 Å². The highest BCUT2D eigenvalue weighted by Gasteiger charge is 2.10. The first-order chi connectivity index (χ1) is 9.61. The SMILES string of the molecule is CNC(=O)c1cccc(NC(=O)c2ccccc2Cl)c1. The molecule has 0 unspecified atom stereocenters. The highest BCUT2D eigenvalue weighted by atomic mass is 35.5. The summed E-state index contributed by atoms with van der Waals surface area (Å²) in [5.41, 5.74) is 1.40. The summed E-state index contributed by atoms with van der Waals surface area (Å²) in [5, 5.41) is 5.63. The number of halogens is 1. The maximum atomic E-state index is 12.1. The third-order valence-electron chi connectivity index (χ3n) is 2.73. The van der Waals surface area contributed by atoms with Gasteiger partial charge in [0.1, 0.15) is 0 Å². The van der Waals surface area contributed by atoms with Crippen LogP contribution in [0.5, 0.6) is 0 Å². The summed E-state index contributed by atoms with van der Waals surface area (Å²) in [7, 11) is 1.55. The van der Waals surface area contributed by atoms with Crippen molar-refractivity contribution in [3.05, 3.63) is 64.7 Å². The zero-order chi connectivity index (χ0) is 14.5. The van der Waals surface area contributed by atoms with Gasteiger partial charge in [-0.25, -0.2) is 0 Å². The Balaban J connectivity index is 2.20. The summed E-state index contributed by atoms with van der Waals surface area (Å²) < 4.78 is 0. The highest BCUT2D eigenvalue weighted by molar-refractivity contribution is 6.34. The van der Waals surface area contributed by atoms with Crippen molar-refractivity contribution in [3.8, 4) is 0 Å². The molecule has 0 spiro atoms. The van der Waals surface area contributed by atoms with Crippen LogP contribution in [0, 0.1) is 0 Å². The van der Waals surface area contributed by atoms with Crippen molar-refractivity contribution in [1.29, 1.82) is 0 Å². The van der Waals surface area contributed by atoms with Gasteiger partial charge < -0.3 is 10.6 Å². The van der Waals surface area contributed by atoms with Crippen molar-refractivity contribution in [3.63, 3.8) is 0 Å². The Morgan fingerprint density at radius 2 is 1.75 bits per heavy atom. The topological polar surface area (TPSA) is 58.2 Å². The van der Waals surface area contributed by atoms with Gasteiger partial charge in [-0.1, -0.05) is 29.8 Å². The van der Waals surface area contributed by atoms with E-state index in [0.29, 0.717) is 21.8 Å². The predicted molar refractivity (Wildman–Crippen MR) is 79.2 cm³/mol. The molecule has 0 fully saturated rings. The number of hydrogen-bond donors (Lipinski definition) is 2. The molecule has 5 heteroatoms. The first kappa shape index (κ1) is 14.1. The van der Waals surface area contributed by atoms with E-state index in [-0.39, 0.29) is 11.8 Å². The van der Waals surface area contributed by atoms with Crippen molar-refractivity contribution < 1.29 is 9.59 Å². The molecule has 0 radical (unpaired) electrons. The van der Waals surface area contributed by atoms with E-state index < -0.39 is 0 Å². The fraction of sp³-hybridized carbons (Fsp3) is 0.0667. The molecule has 4 nitrogen and oxygen atoms in total. The molecule has 0 bridgehead atoms. The Hall–Kier alpha value is -2.33. The predicted octanol–water partition coefficient (Wildman–Crippen LogP) is 2.95. The normalized spacial score (nSPS) is 9.90. The molecule has 0 heterocycles. The van der Waals surface area contributed by atoms with Gasteiger partial charge in [0.25, 0.3) is 11.8 Å². The van der Waals surface area contributed by atoms with Crippen molar-refractivity contribution in [2.75, 3.05) is 12.4 Å². The van der Waals surface area contributed by atoms with Crippen molar-refractivity contribution in [1.82, 2.24) is 5.32 Å². The number of carbonyl (C=O) groups is 2. The van der Waals surface area contributed by atoms with Gasteiger partial charge in [-0.3, -0.25) is 9.59 Å². The maximum Gasteiger partial charge on any atom is 0.257 e. The molecular formula is C15H13ClN2O2. The average molecular weight is 289 g/mol. The van der Waals surface area contributed by atoms with Gasteiger partial charge in [-0.2, -0.15) is 0 Å². The molecule has 2 amide bonds. The lowest BCUT2D eigenvalue weighted by atomic mass is 10.1. The summed E-state index contributed by atoms with van der Waals surface area (Å²) in [6.07, 6.45) is 0. The quantitative estimate of drug-likeness (QED) is 0.912. The van der Waals surface area contributed by atoms with Crippen LogP contribution in [0.3, 0.4) is 0 Å². The van der Waals surface area contributed by atoms with E-state index in [0.717, 1.165) is 0 Å². The van der Waals surface area contributed by atoms with Gasteiger partial charge in [0, 0.05) is 18.3 Å². The molecule has 0 saturated heterocycles. The number of benzene rings is 2. The standard InChI is InChI=1S/C15H13ClN2O2/c1-17-14(19)10-5-4-6-11(9-10)18-15(20)12-7-2-3-8-13(12)16/h2-9H,1H3,(H,17,19)(H,18,20). The molecule has 102 valence electrons. The van der Waals surface area contributed by atoms with Crippen molar-refractivity contribution >= 4 is 29.1 Å². The Morgan fingerprint density at radius 1 is 1.00 bits per heavy atom. The minimum atomic E-state index is -0.315. The Labute approximate surface area is 121 Å². The third kappa shape index (κ3) is 3.16. The molecule has 2 rings (SSSR count). The number of carbonyl (C=O) groups excluding carboxylic acids is 2. The fourth-order valence-corrected chi connectivity index (χ4v) is 1.95. The fourth-order valence-electron chi connectivity index (χ4n) is 1.73. The summed E-state index contributed by atoms with van der Waals surface area (Å²) in [6, 6.07) is 13.5. The molecule has 20 heavy (non-hydrogen) atoms. The Morgan fingerprint density at radius 3 is 2.45 bits per heavy atom. The first-order valence-corrected chi connectivity index (χ1v) is 6.37. The van der Waals surface area contributed by atoms with Crippen LogP contribution in [0.4, 0.5) is 5.69 Å². The number of rotatable bonds is 3. The molecule has 0 saturated carbocycles. The highest BCUT2D eigenvalue weighted by Crippen LogP contribution is 2.17. The van der Waals surface area contributed by atoms with Gasteiger partial charge >= 0.3 is 0 Å². The van der Waals surface area contributed by atoms with Crippen molar-refractivity contribution in [2.24, 2.45) is 0 Å². The van der Waals surface area contributed by atoms with Crippen LogP contribution in [-0.4, -0.2) is 18.9 Å². The molecule has 2 aromatic rings. The van der Waals surface area contributed by atoms with Gasteiger partial charge in [0.2, 0.25) is 0 Å². The molecule has 0 atom stereocenters. The second kappa shape index (κ2) is 6.21. The van der Waals surface area contributed by atoms with Crippen LogP contribution in [0.25, 0.3) is 0 Å². The zero-order valence-corrected chi connectivity index (χ0v) is 11.6. The van der Waals surface area contributed by atoms with Crippen LogP contribution in [0.2, 0.25) is 5.02 Å². The average Bonchev–Trinajstić information content (AvgIpc) is 2.47. The first-order valence-electron chi connectivity index (χ1n) is 6.00. The smallest absolute Gasteiger partial charge is 0.257 e. The Bertz CT molecular complexity index is 656. The van der Waals surface area contributed by atoms with E-state index in [1.807, 2.05) is 0 Å². The Kier molecular flexibility index (Phi) is 4.38. The molecule has 0 aliphatic rings. The largest absolute Gasteiger partial charge is 0.355 e. The van der Waals surface area contributed by atoms with E-state index in [1.165, 1.54) is 0 Å². The second-order valence-electron chi connectivity index (χ2n) is 4.09. The second-order valence-corrected chi connectivity index (χ2v) is 4.50. The van der Waals surface area contributed by atoms with Crippen LogP contribution in [0.15, 0.2) is 48.5 Å². The molecule has 0 aromatic heterocycles. The minimum absolute atomic E-state index is 0.209. The summed E-state index contributed by atoms with van der Waals surface area (Å²) in [4.78, 5) is 23.6. The van der Waals surface area contributed by atoms with E-state index >= 15 is 0 Å². The van der Waals surface area contributed by atoms with Gasteiger partial charge in [0.05, 0.1) is 10.6 Å². The van der Waals surface area contributed by atoms with E-state index in [9.17, 15) is 9.59 Å². The number of hydrogen-bond acceptors (Lipinski definition) is 2. The number of anilines is 1. The molecule has 0 aliphatic carbocycles. The van der Waals surface area contributed by atoms with Crippen LogP contribution in [-0.2, 0) is 0 Å². The lowest BCUT2D eigenvalue weighted by molar-refractivity contribution is 0.0961. The monoisotopic (exact) mass is 288 g/mol. The zero-order valence-electron chi connectivity index (χ0n) is 10.8. The van der Waals surface area contributed by atoms with E-state index in [2.05, 4.69) is 10.6 Å². The van der Waals surface area contributed by atoms with Gasteiger partial charge in [-0.15, -0.1) is 0 Å². The molecule has 2 aromatic carbocycles. The molecule has 2 N–H and O–H groups in total. The van der Waals surface area contributed by atoms with Crippen LogP contribution < -0.4 is 10.6 Å². The molecular weight excluding hydrogens is 276 g/mol. The lowest BCUT2D eigenvalue weighted by Crippen LogP contribution is -2.18. The summed E-state index contributed by atoms with van der Waals surface area (Å²) in [6.45, 7) is 0. The van der Waals surface area contributed by atoms with Crippen LogP contribution in [0.1, 0.15) is 20.7 Å². The van der Waals surface area contributed by atoms with Crippen molar-refractivity contribution in [2.45, 2.75) is 0 Å².